The Labute approximate surface area is 129 Å². The van der Waals surface area contributed by atoms with Crippen LogP contribution in [0.1, 0.15) is 13.8 Å². The number of carbonyl (C=O) groups excluding carboxylic acids is 1. The highest BCUT2D eigenvalue weighted by Gasteiger charge is 2.10. The van der Waals surface area contributed by atoms with Gasteiger partial charge < -0.3 is 14.6 Å². The number of likely N-dealkylation sites (N-methyl/N-ethyl adjacent to an activating group) is 1. The van der Waals surface area contributed by atoms with Gasteiger partial charge in [0.15, 0.2) is 5.58 Å². The van der Waals surface area contributed by atoms with Gasteiger partial charge in [-0.3, -0.25) is 9.36 Å². The number of carbonyl (C=O) groups is 1. The molecular formula is C16H21N3O3. The van der Waals surface area contributed by atoms with E-state index in [1.54, 1.807) is 22.8 Å². The summed E-state index contributed by atoms with van der Waals surface area (Å²) in [7, 11) is 3.89. The van der Waals surface area contributed by atoms with Crippen LogP contribution in [-0.4, -0.2) is 36.0 Å². The molecule has 0 atom stereocenters. The van der Waals surface area contributed by atoms with Gasteiger partial charge in [0, 0.05) is 24.9 Å². The van der Waals surface area contributed by atoms with Gasteiger partial charge in [0.05, 0.1) is 5.52 Å². The molecule has 0 unspecified atom stereocenters. The van der Waals surface area contributed by atoms with Crippen molar-refractivity contribution in [1.82, 2.24) is 9.47 Å². The number of hydrogen-bond donors (Lipinski definition) is 1. The minimum atomic E-state index is -0.385. The first kappa shape index (κ1) is 16.0. The predicted octanol–water partition coefficient (Wildman–Crippen LogP) is 2.06. The summed E-state index contributed by atoms with van der Waals surface area (Å²) in [4.78, 5) is 25.7. The Bertz CT molecular complexity index is 765. The number of allylic oxidation sites excluding steroid dienone is 1. The van der Waals surface area contributed by atoms with E-state index in [1.807, 2.05) is 32.8 Å². The third-order valence-electron chi connectivity index (χ3n) is 3.13. The van der Waals surface area contributed by atoms with Crippen LogP contribution in [0.25, 0.3) is 11.1 Å². The van der Waals surface area contributed by atoms with E-state index in [1.165, 1.54) is 6.08 Å². The Morgan fingerprint density at radius 1 is 1.36 bits per heavy atom. The van der Waals surface area contributed by atoms with Gasteiger partial charge in [0.25, 0.3) is 0 Å². The Kier molecular flexibility index (Phi) is 4.82. The average Bonchev–Trinajstić information content (AvgIpc) is 2.70. The van der Waals surface area contributed by atoms with E-state index in [0.717, 1.165) is 12.1 Å². The SMILES string of the molecule is CC(C)=CC(=O)Nc1ccc2oc(=O)n(CCN(C)C)c2c1. The van der Waals surface area contributed by atoms with Gasteiger partial charge in [0.2, 0.25) is 5.91 Å². The van der Waals surface area contributed by atoms with Gasteiger partial charge in [-0.1, -0.05) is 5.57 Å². The molecule has 6 heteroatoms. The summed E-state index contributed by atoms with van der Waals surface area (Å²) in [5.41, 5.74) is 2.75. The van der Waals surface area contributed by atoms with Crippen molar-refractivity contribution in [2.75, 3.05) is 26.0 Å². The standard InChI is InChI=1S/C16H21N3O3/c1-11(2)9-15(20)17-12-5-6-14-13(10-12)19(16(21)22-14)8-7-18(3)4/h5-6,9-10H,7-8H2,1-4H3,(H,17,20). The Balaban J connectivity index is 2.32. The monoisotopic (exact) mass is 303 g/mol. The number of nitrogens with zero attached hydrogens (tertiary/aromatic N) is 2. The molecule has 0 radical (unpaired) electrons. The zero-order valence-electron chi connectivity index (χ0n) is 13.3. The maximum atomic E-state index is 11.9. The normalized spacial score (nSPS) is 11.0. The minimum Gasteiger partial charge on any atom is -0.408 e. The molecule has 2 rings (SSSR count). The summed E-state index contributed by atoms with van der Waals surface area (Å²) >= 11 is 0. The first-order valence-corrected chi connectivity index (χ1v) is 7.11. The van der Waals surface area contributed by atoms with E-state index >= 15 is 0 Å². The molecule has 22 heavy (non-hydrogen) atoms. The third kappa shape index (κ3) is 3.85. The number of benzene rings is 1. The van der Waals surface area contributed by atoms with Crippen molar-refractivity contribution in [3.05, 3.63) is 40.4 Å². The highest BCUT2D eigenvalue weighted by molar-refractivity contribution is 6.00. The number of fused-ring (bicyclic) bond motifs is 1. The molecule has 1 aromatic carbocycles. The highest BCUT2D eigenvalue weighted by atomic mass is 16.4. The zero-order valence-corrected chi connectivity index (χ0v) is 13.3. The van der Waals surface area contributed by atoms with Gasteiger partial charge >= 0.3 is 5.76 Å². The first-order chi connectivity index (χ1) is 10.4. The zero-order chi connectivity index (χ0) is 16.3. The molecule has 0 aliphatic carbocycles. The quantitative estimate of drug-likeness (QED) is 0.859. The fourth-order valence-corrected chi connectivity index (χ4v) is 2.09. The first-order valence-electron chi connectivity index (χ1n) is 7.11. The molecule has 0 aliphatic heterocycles. The van der Waals surface area contributed by atoms with Crippen LogP contribution in [0.3, 0.4) is 0 Å². The maximum Gasteiger partial charge on any atom is 0.419 e. The average molecular weight is 303 g/mol. The van der Waals surface area contributed by atoms with Gasteiger partial charge in [0.1, 0.15) is 0 Å². The summed E-state index contributed by atoms with van der Waals surface area (Å²) in [6, 6.07) is 5.17. The molecule has 0 fully saturated rings. The smallest absolute Gasteiger partial charge is 0.408 e. The molecule has 0 saturated carbocycles. The molecule has 0 bridgehead atoms. The van der Waals surface area contributed by atoms with E-state index in [0.29, 0.717) is 23.3 Å². The largest absolute Gasteiger partial charge is 0.419 e. The van der Waals surface area contributed by atoms with Crippen molar-refractivity contribution in [2.45, 2.75) is 20.4 Å². The summed E-state index contributed by atoms with van der Waals surface area (Å²) in [5, 5.41) is 2.78. The summed E-state index contributed by atoms with van der Waals surface area (Å²) in [5.74, 6) is -0.574. The van der Waals surface area contributed by atoms with Crippen LogP contribution in [0.2, 0.25) is 0 Å². The number of oxazole rings is 1. The van der Waals surface area contributed by atoms with Crippen molar-refractivity contribution in [2.24, 2.45) is 0 Å². The van der Waals surface area contributed by atoms with Crippen LogP contribution in [0, 0.1) is 0 Å². The van der Waals surface area contributed by atoms with Crippen molar-refractivity contribution in [3.63, 3.8) is 0 Å². The van der Waals surface area contributed by atoms with Gasteiger partial charge in [-0.25, -0.2) is 4.79 Å². The number of anilines is 1. The van der Waals surface area contributed by atoms with Gasteiger partial charge in [-0.15, -0.1) is 0 Å². The van der Waals surface area contributed by atoms with Crippen LogP contribution >= 0.6 is 0 Å². The summed E-state index contributed by atoms with van der Waals surface area (Å²) in [6.45, 7) is 4.97. The van der Waals surface area contributed by atoms with E-state index in [4.69, 9.17) is 4.42 Å². The molecule has 0 spiro atoms. The van der Waals surface area contributed by atoms with E-state index < -0.39 is 0 Å². The molecule has 1 N–H and O–H groups in total. The van der Waals surface area contributed by atoms with E-state index in [2.05, 4.69) is 5.32 Å². The lowest BCUT2D eigenvalue weighted by Gasteiger charge is -2.09. The molecule has 118 valence electrons. The second-order valence-corrected chi connectivity index (χ2v) is 5.72. The van der Waals surface area contributed by atoms with E-state index in [9.17, 15) is 9.59 Å². The fourth-order valence-electron chi connectivity index (χ4n) is 2.09. The topological polar surface area (TPSA) is 67.5 Å². The fraction of sp³-hybridized carbons (Fsp3) is 0.375. The number of aromatic nitrogens is 1. The maximum absolute atomic E-state index is 11.9. The predicted molar refractivity (Wildman–Crippen MR) is 87.1 cm³/mol. The summed E-state index contributed by atoms with van der Waals surface area (Å²) in [6.07, 6.45) is 1.53. The molecule has 2 aromatic rings. The van der Waals surface area contributed by atoms with Crippen LogP contribution < -0.4 is 11.1 Å². The van der Waals surface area contributed by atoms with Crippen molar-refractivity contribution < 1.29 is 9.21 Å². The lowest BCUT2D eigenvalue weighted by atomic mass is 10.2. The number of rotatable bonds is 5. The van der Waals surface area contributed by atoms with Gasteiger partial charge in [-0.05, 0) is 46.1 Å². The molecular weight excluding hydrogens is 282 g/mol. The third-order valence-corrected chi connectivity index (χ3v) is 3.13. The minimum absolute atomic E-state index is 0.190. The Morgan fingerprint density at radius 3 is 2.73 bits per heavy atom. The van der Waals surface area contributed by atoms with Crippen molar-refractivity contribution in [3.8, 4) is 0 Å². The van der Waals surface area contributed by atoms with Gasteiger partial charge in [-0.2, -0.15) is 0 Å². The highest BCUT2D eigenvalue weighted by Crippen LogP contribution is 2.18. The van der Waals surface area contributed by atoms with Crippen LogP contribution in [0.4, 0.5) is 5.69 Å². The Hall–Kier alpha value is -2.34. The molecule has 1 heterocycles. The van der Waals surface area contributed by atoms with Crippen molar-refractivity contribution >= 4 is 22.7 Å². The van der Waals surface area contributed by atoms with Crippen LogP contribution in [0.5, 0.6) is 0 Å². The lowest BCUT2D eigenvalue weighted by molar-refractivity contribution is -0.111. The molecule has 6 nitrogen and oxygen atoms in total. The number of amides is 1. The molecule has 1 aromatic heterocycles. The van der Waals surface area contributed by atoms with E-state index in [-0.39, 0.29) is 11.7 Å². The summed E-state index contributed by atoms with van der Waals surface area (Å²) < 4.78 is 6.80. The van der Waals surface area contributed by atoms with Crippen molar-refractivity contribution in [1.29, 1.82) is 0 Å². The Morgan fingerprint density at radius 2 is 2.09 bits per heavy atom. The molecule has 0 aliphatic rings. The lowest BCUT2D eigenvalue weighted by Crippen LogP contribution is -2.23. The van der Waals surface area contributed by atoms with Crippen LogP contribution in [-0.2, 0) is 11.3 Å². The number of hydrogen-bond acceptors (Lipinski definition) is 4. The number of nitrogens with one attached hydrogen (secondary N) is 1. The molecule has 0 saturated heterocycles. The molecule has 1 amide bonds. The second-order valence-electron chi connectivity index (χ2n) is 5.72. The second kappa shape index (κ2) is 6.62. The van der Waals surface area contributed by atoms with Crippen LogP contribution in [0.15, 0.2) is 39.1 Å².